The maximum Gasteiger partial charge on any atom is 0.307 e. The molecule has 0 amide bonds. The van der Waals surface area contributed by atoms with Crippen LogP contribution in [0.3, 0.4) is 0 Å². The van der Waals surface area contributed by atoms with E-state index in [1.54, 1.807) is 0 Å². The molecule has 0 saturated carbocycles. The van der Waals surface area contributed by atoms with Gasteiger partial charge in [-0.1, -0.05) is 19.9 Å². The Bertz CT molecular complexity index is 245. The molecule has 1 unspecified atom stereocenters. The topological polar surface area (TPSA) is 74.6 Å². The minimum atomic E-state index is -1.07. The first-order chi connectivity index (χ1) is 6.90. The van der Waals surface area contributed by atoms with Crippen LogP contribution in [0.2, 0.25) is 0 Å². The molecule has 86 valence electrons. The predicted molar refractivity (Wildman–Crippen MR) is 56.5 cm³/mol. The Morgan fingerprint density at radius 2 is 1.67 bits per heavy atom. The lowest BCUT2D eigenvalue weighted by Gasteiger charge is -2.20. The molecule has 0 saturated heterocycles. The SMILES string of the molecule is C=CCC(C(=O)O)[C@@H](CC(C)C)C(=O)O. The number of allylic oxidation sites excluding steroid dienone is 1. The summed E-state index contributed by atoms with van der Waals surface area (Å²) in [5.41, 5.74) is 0. The van der Waals surface area contributed by atoms with Gasteiger partial charge >= 0.3 is 11.9 Å². The average molecular weight is 214 g/mol. The van der Waals surface area contributed by atoms with E-state index < -0.39 is 23.8 Å². The number of carbonyl (C=O) groups is 2. The van der Waals surface area contributed by atoms with Crippen LogP contribution in [0.4, 0.5) is 0 Å². The number of hydrogen-bond acceptors (Lipinski definition) is 2. The highest BCUT2D eigenvalue weighted by atomic mass is 16.4. The summed E-state index contributed by atoms with van der Waals surface area (Å²) >= 11 is 0. The number of rotatable bonds is 7. The van der Waals surface area contributed by atoms with Gasteiger partial charge in [0.25, 0.3) is 0 Å². The van der Waals surface area contributed by atoms with Gasteiger partial charge in [0.2, 0.25) is 0 Å². The molecule has 0 aromatic rings. The summed E-state index contributed by atoms with van der Waals surface area (Å²) in [5, 5.41) is 17.9. The summed E-state index contributed by atoms with van der Waals surface area (Å²) < 4.78 is 0. The standard InChI is InChI=1S/C11H18O4/c1-4-5-8(10(12)13)9(11(14)15)6-7(2)3/h4,7-9H,1,5-6H2,2-3H3,(H,12,13)(H,14,15)/t8?,9-/m1/s1. The molecule has 0 bridgehead atoms. The van der Waals surface area contributed by atoms with Crippen molar-refractivity contribution in [3.05, 3.63) is 12.7 Å². The molecule has 4 nitrogen and oxygen atoms in total. The van der Waals surface area contributed by atoms with Crippen molar-refractivity contribution < 1.29 is 19.8 Å². The molecule has 0 heterocycles. The van der Waals surface area contributed by atoms with E-state index >= 15 is 0 Å². The Morgan fingerprint density at radius 1 is 1.20 bits per heavy atom. The summed E-state index contributed by atoms with van der Waals surface area (Å²) in [6, 6.07) is 0. The molecule has 0 aromatic heterocycles. The van der Waals surface area contributed by atoms with E-state index in [1.807, 2.05) is 13.8 Å². The quantitative estimate of drug-likeness (QED) is 0.636. The number of hydrogen-bond donors (Lipinski definition) is 2. The van der Waals surface area contributed by atoms with Crippen LogP contribution in [-0.2, 0) is 9.59 Å². The Morgan fingerprint density at radius 3 is 1.93 bits per heavy atom. The summed E-state index contributed by atoms with van der Waals surface area (Å²) in [5.74, 6) is -3.65. The van der Waals surface area contributed by atoms with E-state index in [0.717, 1.165) is 0 Å². The second-order valence-electron chi connectivity index (χ2n) is 4.04. The summed E-state index contributed by atoms with van der Waals surface area (Å²) in [6.45, 7) is 7.20. The monoisotopic (exact) mass is 214 g/mol. The first-order valence-electron chi connectivity index (χ1n) is 4.96. The first kappa shape index (κ1) is 13.7. The zero-order valence-electron chi connectivity index (χ0n) is 9.14. The number of carboxylic acid groups (broad SMARTS) is 2. The second-order valence-corrected chi connectivity index (χ2v) is 4.04. The smallest absolute Gasteiger partial charge is 0.307 e. The molecule has 0 aromatic carbocycles. The van der Waals surface area contributed by atoms with Gasteiger partial charge in [0.15, 0.2) is 0 Å². The minimum absolute atomic E-state index is 0.165. The van der Waals surface area contributed by atoms with E-state index in [0.29, 0.717) is 6.42 Å². The highest BCUT2D eigenvalue weighted by molar-refractivity contribution is 5.80. The van der Waals surface area contributed by atoms with Gasteiger partial charge in [0, 0.05) is 0 Å². The van der Waals surface area contributed by atoms with Gasteiger partial charge in [-0.05, 0) is 18.8 Å². The van der Waals surface area contributed by atoms with E-state index in [9.17, 15) is 9.59 Å². The Hall–Kier alpha value is -1.32. The van der Waals surface area contributed by atoms with Crippen molar-refractivity contribution in [2.45, 2.75) is 26.7 Å². The van der Waals surface area contributed by atoms with Gasteiger partial charge in [-0.25, -0.2) is 0 Å². The van der Waals surface area contributed by atoms with Crippen molar-refractivity contribution in [2.24, 2.45) is 17.8 Å². The van der Waals surface area contributed by atoms with Crippen LogP contribution in [0.1, 0.15) is 26.7 Å². The molecule has 0 spiro atoms. The third-order valence-corrected chi connectivity index (χ3v) is 2.27. The molecular formula is C11H18O4. The second kappa shape index (κ2) is 6.22. The molecule has 15 heavy (non-hydrogen) atoms. The van der Waals surface area contributed by atoms with Crippen LogP contribution in [0.15, 0.2) is 12.7 Å². The van der Waals surface area contributed by atoms with E-state index in [-0.39, 0.29) is 12.3 Å². The van der Waals surface area contributed by atoms with Crippen molar-refractivity contribution in [3.63, 3.8) is 0 Å². The average Bonchev–Trinajstić information content (AvgIpc) is 2.09. The summed E-state index contributed by atoms with van der Waals surface area (Å²) in [4.78, 5) is 21.9. The molecule has 0 aliphatic rings. The highest BCUT2D eigenvalue weighted by Gasteiger charge is 2.32. The minimum Gasteiger partial charge on any atom is -0.481 e. The lowest BCUT2D eigenvalue weighted by molar-refractivity contribution is -0.154. The fraction of sp³-hybridized carbons (Fsp3) is 0.636. The zero-order valence-corrected chi connectivity index (χ0v) is 9.14. The molecule has 2 N–H and O–H groups in total. The van der Waals surface area contributed by atoms with E-state index in [2.05, 4.69) is 6.58 Å². The van der Waals surface area contributed by atoms with E-state index in [1.165, 1.54) is 6.08 Å². The van der Waals surface area contributed by atoms with Crippen molar-refractivity contribution >= 4 is 11.9 Å². The Labute approximate surface area is 89.6 Å². The molecule has 0 aliphatic heterocycles. The van der Waals surface area contributed by atoms with Crippen molar-refractivity contribution in [3.8, 4) is 0 Å². The van der Waals surface area contributed by atoms with Gasteiger partial charge in [-0.3, -0.25) is 9.59 Å². The summed E-state index contributed by atoms with van der Waals surface area (Å²) in [6.07, 6.45) is 2.02. The van der Waals surface area contributed by atoms with Crippen LogP contribution in [0.5, 0.6) is 0 Å². The molecule has 0 fully saturated rings. The first-order valence-corrected chi connectivity index (χ1v) is 4.96. The third-order valence-electron chi connectivity index (χ3n) is 2.27. The third kappa shape index (κ3) is 4.63. The van der Waals surface area contributed by atoms with Crippen LogP contribution in [0.25, 0.3) is 0 Å². The van der Waals surface area contributed by atoms with Gasteiger partial charge in [-0.2, -0.15) is 0 Å². The van der Waals surface area contributed by atoms with E-state index in [4.69, 9.17) is 10.2 Å². The zero-order chi connectivity index (χ0) is 12.0. The predicted octanol–water partition coefficient (Wildman–Crippen LogP) is 2.01. The van der Waals surface area contributed by atoms with Crippen LogP contribution < -0.4 is 0 Å². The molecular weight excluding hydrogens is 196 g/mol. The van der Waals surface area contributed by atoms with Gasteiger partial charge < -0.3 is 10.2 Å². The Balaban J connectivity index is 4.74. The molecule has 0 aliphatic carbocycles. The van der Waals surface area contributed by atoms with Gasteiger partial charge in [-0.15, -0.1) is 6.58 Å². The van der Waals surface area contributed by atoms with Gasteiger partial charge in [0.05, 0.1) is 11.8 Å². The largest absolute Gasteiger partial charge is 0.481 e. The lowest BCUT2D eigenvalue weighted by Crippen LogP contribution is -2.30. The number of carboxylic acids is 2. The lowest BCUT2D eigenvalue weighted by atomic mass is 9.83. The maximum atomic E-state index is 11.0. The Kier molecular flexibility index (Phi) is 5.67. The molecule has 2 atom stereocenters. The molecule has 0 radical (unpaired) electrons. The molecule has 0 rings (SSSR count). The van der Waals surface area contributed by atoms with Crippen molar-refractivity contribution in [1.82, 2.24) is 0 Å². The highest BCUT2D eigenvalue weighted by Crippen LogP contribution is 2.24. The molecule has 4 heteroatoms. The summed E-state index contributed by atoms with van der Waals surface area (Å²) in [7, 11) is 0. The number of aliphatic carboxylic acids is 2. The van der Waals surface area contributed by atoms with Crippen LogP contribution in [0, 0.1) is 17.8 Å². The van der Waals surface area contributed by atoms with Crippen molar-refractivity contribution in [1.29, 1.82) is 0 Å². The van der Waals surface area contributed by atoms with Crippen LogP contribution in [-0.4, -0.2) is 22.2 Å². The van der Waals surface area contributed by atoms with Crippen LogP contribution >= 0.6 is 0 Å². The van der Waals surface area contributed by atoms with Gasteiger partial charge in [0.1, 0.15) is 0 Å². The fourth-order valence-electron chi connectivity index (χ4n) is 1.56. The maximum absolute atomic E-state index is 11.0. The fourth-order valence-corrected chi connectivity index (χ4v) is 1.56. The normalized spacial score (nSPS) is 14.6. The van der Waals surface area contributed by atoms with Crippen molar-refractivity contribution in [2.75, 3.05) is 0 Å².